The molecule has 6 nitrogen and oxygen atoms in total. The summed E-state index contributed by atoms with van der Waals surface area (Å²) in [5.74, 6) is 0.413. The van der Waals surface area contributed by atoms with E-state index in [1.807, 2.05) is 25.1 Å². The number of carbonyl (C=O) groups is 2. The molecule has 2 N–H and O–H groups in total. The molecule has 132 valence electrons. The Morgan fingerprint density at radius 3 is 2.79 bits per heavy atom. The van der Waals surface area contributed by atoms with Crippen molar-refractivity contribution < 1.29 is 14.3 Å². The minimum atomic E-state index is -0.124. The minimum absolute atomic E-state index is 0.00110. The third kappa shape index (κ3) is 4.96. The number of piperidine rings is 1. The molecule has 0 unspecified atom stereocenters. The van der Waals surface area contributed by atoms with Crippen molar-refractivity contribution in [3.8, 4) is 5.75 Å². The van der Waals surface area contributed by atoms with Crippen LogP contribution in [0.3, 0.4) is 0 Å². The van der Waals surface area contributed by atoms with E-state index in [9.17, 15) is 9.59 Å². The van der Waals surface area contributed by atoms with Crippen LogP contribution in [0, 0.1) is 12.8 Å². The van der Waals surface area contributed by atoms with Crippen LogP contribution < -0.4 is 15.4 Å². The van der Waals surface area contributed by atoms with Crippen molar-refractivity contribution in [2.75, 3.05) is 32.6 Å². The lowest BCUT2D eigenvalue weighted by Crippen LogP contribution is -2.40. The second-order valence-electron chi connectivity index (χ2n) is 6.64. The fourth-order valence-electron chi connectivity index (χ4n) is 2.73. The molecule has 0 saturated carbocycles. The number of nitrogens with one attached hydrogen (secondary N) is 2. The Labute approximate surface area is 143 Å². The van der Waals surface area contributed by atoms with Gasteiger partial charge in [0.1, 0.15) is 5.75 Å². The van der Waals surface area contributed by atoms with Crippen LogP contribution in [0.25, 0.3) is 0 Å². The van der Waals surface area contributed by atoms with Crippen LogP contribution in [0.2, 0.25) is 0 Å². The van der Waals surface area contributed by atoms with Crippen LogP contribution in [0.4, 0.5) is 5.69 Å². The van der Waals surface area contributed by atoms with E-state index in [4.69, 9.17) is 4.74 Å². The number of nitrogens with zero attached hydrogens (tertiary/aromatic N) is 1. The largest absolute Gasteiger partial charge is 0.482 e. The number of aryl methyl sites for hydroxylation is 1. The highest BCUT2D eigenvalue weighted by Crippen LogP contribution is 2.27. The second-order valence-corrected chi connectivity index (χ2v) is 6.64. The van der Waals surface area contributed by atoms with Gasteiger partial charge in [0.15, 0.2) is 6.61 Å². The average Bonchev–Trinajstić information content (AvgIpc) is 2.54. The SMILES string of the molecule is Cc1ccc(NC(=O)[C@H]2CCN[C@@H](C)C2)c(OCC(=O)N(C)C)c1. The quantitative estimate of drug-likeness (QED) is 0.862. The summed E-state index contributed by atoms with van der Waals surface area (Å²) in [5, 5.41) is 6.31. The van der Waals surface area contributed by atoms with Gasteiger partial charge in [0.05, 0.1) is 5.69 Å². The lowest BCUT2D eigenvalue weighted by molar-refractivity contribution is -0.130. The Kier molecular flexibility index (Phi) is 6.20. The van der Waals surface area contributed by atoms with E-state index >= 15 is 0 Å². The van der Waals surface area contributed by atoms with Crippen molar-refractivity contribution in [2.24, 2.45) is 5.92 Å². The molecule has 6 heteroatoms. The molecule has 0 aliphatic carbocycles. The van der Waals surface area contributed by atoms with Crippen molar-refractivity contribution in [3.05, 3.63) is 23.8 Å². The fourth-order valence-corrected chi connectivity index (χ4v) is 2.73. The van der Waals surface area contributed by atoms with Gasteiger partial charge in [-0.25, -0.2) is 0 Å². The summed E-state index contributed by atoms with van der Waals surface area (Å²) >= 11 is 0. The normalized spacial score (nSPS) is 20.3. The van der Waals surface area contributed by atoms with E-state index < -0.39 is 0 Å². The molecule has 0 aromatic heterocycles. The van der Waals surface area contributed by atoms with E-state index in [1.54, 1.807) is 14.1 Å². The highest BCUT2D eigenvalue weighted by Gasteiger charge is 2.25. The van der Waals surface area contributed by atoms with Crippen molar-refractivity contribution in [1.82, 2.24) is 10.2 Å². The molecule has 0 radical (unpaired) electrons. The molecule has 1 aromatic carbocycles. The van der Waals surface area contributed by atoms with Crippen molar-refractivity contribution in [1.29, 1.82) is 0 Å². The number of amides is 2. The van der Waals surface area contributed by atoms with E-state index in [0.29, 0.717) is 17.5 Å². The second kappa shape index (κ2) is 8.15. The molecule has 1 aromatic rings. The van der Waals surface area contributed by atoms with Gasteiger partial charge in [0.2, 0.25) is 5.91 Å². The highest BCUT2D eigenvalue weighted by molar-refractivity contribution is 5.94. The Morgan fingerprint density at radius 1 is 1.38 bits per heavy atom. The molecule has 2 atom stereocenters. The molecule has 0 bridgehead atoms. The van der Waals surface area contributed by atoms with Crippen LogP contribution in [0.15, 0.2) is 18.2 Å². The third-order valence-electron chi connectivity index (χ3n) is 4.24. The Bertz CT molecular complexity index is 601. The smallest absolute Gasteiger partial charge is 0.259 e. The van der Waals surface area contributed by atoms with Gasteiger partial charge in [-0.15, -0.1) is 0 Å². The van der Waals surface area contributed by atoms with Crippen molar-refractivity contribution >= 4 is 17.5 Å². The summed E-state index contributed by atoms with van der Waals surface area (Å²) in [6.07, 6.45) is 1.66. The predicted molar refractivity (Wildman–Crippen MR) is 94.2 cm³/mol. The first kappa shape index (κ1) is 18.3. The Hall–Kier alpha value is -2.08. The number of hydrogen-bond acceptors (Lipinski definition) is 4. The molecule has 1 saturated heterocycles. The first-order chi connectivity index (χ1) is 11.4. The van der Waals surface area contributed by atoms with E-state index in [2.05, 4.69) is 17.6 Å². The van der Waals surface area contributed by atoms with Crippen LogP contribution >= 0.6 is 0 Å². The number of rotatable bonds is 5. The summed E-state index contributed by atoms with van der Waals surface area (Å²) in [4.78, 5) is 25.7. The van der Waals surface area contributed by atoms with Crippen LogP contribution in [0.5, 0.6) is 5.75 Å². The summed E-state index contributed by atoms with van der Waals surface area (Å²) < 4.78 is 5.63. The minimum Gasteiger partial charge on any atom is -0.482 e. The fraction of sp³-hybridized carbons (Fsp3) is 0.556. The number of anilines is 1. The monoisotopic (exact) mass is 333 g/mol. The van der Waals surface area contributed by atoms with E-state index in [-0.39, 0.29) is 24.3 Å². The molecule has 1 heterocycles. The average molecular weight is 333 g/mol. The Morgan fingerprint density at radius 2 is 2.12 bits per heavy atom. The zero-order chi connectivity index (χ0) is 17.7. The third-order valence-corrected chi connectivity index (χ3v) is 4.24. The van der Waals surface area contributed by atoms with Gasteiger partial charge in [-0.2, -0.15) is 0 Å². The molecule has 1 aliphatic heterocycles. The maximum Gasteiger partial charge on any atom is 0.259 e. The maximum atomic E-state index is 12.5. The standard InChI is InChI=1S/C18H27N3O3/c1-12-5-6-15(16(9-12)24-11-17(22)21(3)4)20-18(23)14-7-8-19-13(2)10-14/h5-6,9,13-14,19H,7-8,10-11H2,1-4H3,(H,20,23)/t13-,14-/m0/s1. The van der Waals surface area contributed by atoms with Gasteiger partial charge < -0.3 is 20.3 Å². The summed E-state index contributed by atoms with van der Waals surface area (Å²) in [7, 11) is 3.37. The van der Waals surface area contributed by atoms with E-state index in [0.717, 1.165) is 24.9 Å². The van der Waals surface area contributed by atoms with Crippen LogP contribution in [-0.4, -0.2) is 50.0 Å². The van der Waals surface area contributed by atoms with E-state index in [1.165, 1.54) is 4.90 Å². The lowest BCUT2D eigenvalue weighted by atomic mass is 9.92. The number of ether oxygens (including phenoxy) is 1. The van der Waals surface area contributed by atoms with Gasteiger partial charge in [-0.1, -0.05) is 6.07 Å². The van der Waals surface area contributed by atoms with Gasteiger partial charge in [0, 0.05) is 26.1 Å². The zero-order valence-electron chi connectivity index (χ0n) is 14.9. The first-order valence-electron chi connectivity index (χ1n) is 8.34. The predicted octanol–water partition coefficient (Wildman–Crippen LogP) is 1.79. The van der Waals surface area contributed by atoms with Crippen molar-refractivity contribution in [2.45, 2.75) is 32.7 Å². The first-order valence-corrected chi connectivity index (χ1v) is 8.34. The van der Waals surface area contributed by atoms with Gasteiger partial charge in [-0.3, -0.25) is 9.59 Å². The number of hydrogen-bond donors (Lipinski definition) is 2. The topological polar surface area (TPSA) is 70.7 Å². The molecular formula is C18H27N3O3. The number of carbonyl (C=O) groups excluding carboxylic acids is 2. The summed E-state index contributed by atoms with van der Waals surface area (Å²) in [5.41, 5.74) is 1.62. The highest BCUT2D eigenvalue weighted by atomic mass is 16.5. The summed E-state index contributed by atoms with van der Waals surface area (Å²) in [6, 6.07) is 5.93. The molecule has 0 spiro atoms. The molecule has 24 heavy (non-hydrogen) atoms. The van der Waals surface area contributed by atoms with Gasteiger partial charge in [0.25, 0.3) is 5.91 Å². The molecule has 2 rings (SSSR count). The van der Waals surface area contributed by atoms with Gasteiger partial charge >= 0.3 is 0 Å². The number of likely N-dealkylation sites (N-methyl/N-ethyl adjacent to an activating group) is 1. The maximum absolute atomic E-state index is 12.5. The lowest BCUT2D eigenvalue weighted by Gasteiger charge is -2.27. The summed E-state index contributed by atoms with van der Waals surface area (Å²) in [6.45, 7) is 4.84. The van der Waals surface area contributed by atoms with Crippen LogP contribution in [-0.2, 0) is 9.59 Å². The molecular weight excluding hydrogens is 306 g/mol. The molecule has 1 aliphatic rings. The van der Waals surface area contributed by atoms with Crippen molar-refractivity contribution in [3.63, 3.8) is 0 Å². The molecule has 1 fully saturated rings. The van der Waals surface area contributed by atoms with Crippen LogP contribution in [0.1, 0.15) is 25.3 Å². The number of benzene rings is 1. The van der Waals surface area contributed by atoms with Gasteiger partial charge in [-0.05, 0) is 50.9 Å². The zero-order valence-corrected chi connectivity index (χ0v) is 14.9. The molecule has 2 amide bonds. The Balaban J connectivity index is 2.06.